The van der Waals surface area contributed by atoms with E-state index < -0.39 is 0 Å². The number of hydrogen-bond acceptors (Lipinski definition) is 1. The van der Waals surface area contributed by atoms with Crippen LogP contribution in [0.1, 0.15) is 47.5 Å². The zero-order valence-electron chi connectivity index (χ0n) is 10.2. The highest BCUT2D eigenvalue weighted by molar-refractivity contribution is 5.07. The third kappa shape index (κ3) is 2.60. The molecule has 3 unspecified atom stereocenters. The zero-order chi connectivity index (χ0) is 10.9. The van der Waals surface area contributed by atoms with Crippen LogP contribution in [-0.4, -0.2) is 11.2 Å². The molecule has 82 valence electrons. The van der Waals surface area contributed by atoms with Gasteiger partial charge in [0.1, 0.15) is 0 Å². The number of rotatable bonds is 1. The van der Waals surface area contributed by atoms with Crippen LogP contribution in [0.15, 0.2) is 11.6 Å². The van der Waals surface area contributed by atoms with E-state index in [9.17, 15) is 5.11 Å². The molecule has 0 amide bonds. The van der Waals surface area contributed by atoms with Crippen molar-refractivity contribution < 1.29 is 5.11 Å². The summed E-state index contributed by atoms with van der Waals surface area (Å²) in [5, 5.41) is 10.2. The molecule has 1 N–H and O–H groups in total. The van der Waals surface area contributed by atoms with Crippen LogP contribution in [0, 0.1) is 17.3 Å². The first-order valence-electron chi connectivity index (χ1n) is 5.67. The molecule has 1 rings (SSSR count). The Morgan fingerprint density at radius 2 is 2.00 bits per heavy atom. The van der Waals surface area contributed by atoms with Crippen molar-refractivity contribution in [2.75, 3.05) is 0 Å². The Labute approximate surface area is 88.2 Å². The van der Waals surface area contributed by atoms with Crippen molar-refractivity contribution in [3.8, 4) is 0 Å². The summed E-state index contributed by atoms with van der Waals surface area (Å²) in [6.45, 7) is 10.8. The van der Waals surface area contributed by atoms with Gasteiger partial charge in [-0.3, -0.25) is 0 Å². The fourth-order valence-corrected chi connectivity index (χ4v) is 2.40. The van der Waals surface area contributed by atoms with Crippen molar-refractivity contribution in [1.82, 2.24) is 0 Å². The highest BCUT2D eigenvalue weighted by atomic mass is 16.3. The molecule has 1 aliphatic rings. The van der Waals surface area contributed by atoms with Crippen molar-refractivity contribution in [2.24, 2.45) is 17.3 Å². The van der Waals surface area contributed by atoms with E-state index in [0.717, 1.165) is 12.8 Å². The Balaban J connectivity index is 2.71. The lowest BCUT2D eigenvalue weighted by atomic mass is 9.71. The summed E-state index contributed by atoms with van der Waals surface area (Å²) in [4.78, 5) is 0. The molecule has 0 aromatic carbocycles. The van der Waals surface area contributed by atoms with Crippen molar-refractivity contribution in [2.45, 2.75) is 53.6 Å². The highest BCUT2D eigenvalue weighted by Gasteiger charge is 2.34. The number of hydrogen-bond donors (Lipinski definition) is 1. The van der Waals surface area contributed by atoms with Gasteiger partial charge < -0.3 is 5.11 Å². The van der Waals surface area contributed by atoms with Crippen LogP contribution < -0.4 is 0 Å². The smallest absolute Gasteiger partial charge is 0.0622 e. The monoisotopic (exact) mass is 196 g/mol. The Morgan fingerprint density at radius 3 is 2.43 bits per heavy atom. The van der Waals surface area contributed by atoms with Crippen molar-refractivity contribution in [3.63, 3.8) is 0 Å². The van der Waals surface area contributed by atoms with Gasteiger partial charge >= 0.3 is 0 Å². The first kappa shape index (κ1) is 11.8. The fourth-order valence-electron chi connectivity index (χ4n) is 2.40. The van der Waals surface area contributed by atoms with Gasteiger partial charge in [0.25, 0.3) is 0 Å². The van der Waals surface area contributed by atoms with E-state index in [0.29, 0.717) is 11.8 Å². The van der Waals surface area contributed by atoms with Gasteiger partial charge in [0.2, 0.25) is 0 Å². The van der Waals surface area contributed by atoms with Gasteiger partial charge in [-0.05, 0) is 37.0 Å². The average Bonchev–Trinajstić information content (AvgIpc) is 2.01. The van der Waals surface area contributed by atoms with E-state index in [1.807, 2.05) is 0 Å². The van der Waals surface area contributed by atoms with E-state index >= 15 is 0 Å². The van der Waals surface area contributed by atoms with Crippen LogP contribution in [0.4, 0.5) is 0 Å². The molecule has 0 saturated heterocycles. The van der Waals surface area contributed by atoms with Crippen LogP contribution in [-0.2, 0) is 0 Å². The molecular weight excluding hydrogens is 172 g/mol. The molecule has 0 radical (unpaired) electrons. The molecule has 0 fully saturated rings. The molecule has 0 saturated carbocycles. The maximum atomic E-state index is 10.2. The van der Waals surface area contributed by atoms with Crippen molar-refractivity contribution in [3.05, 3.63) is 11.6 Å². The number of aliphatic hydroxyl groups excluding tert-OH is 1. The van der Waals surface area contributed by atoms with Crippen LogP contribution in [0.5, 0.6) is 0 Å². The standard InChI is InChI=1S/C13H24O/c1-9-6-7-11(10(2)8-9)12(14)13(3,4)5/h8,10-12,14H,6-7H2,1-5H3. The topological polar surface area (TPSA) is 20.2 Å². The summed E-state index contributed by atoms with van der Waals surface area (Å²) in [5.74, 6) is 0.969. The normalized spacial score (nSPS) is 31.1. The van der Waals surface area contributed by atoms with Gasteiger partial charge in [0.15, 0.2) is 0 Å². The van der Waals surface area contributed by atoms with Crippen LogP contribution in [0.2, 0.25) is 0 Å². The summed E-state index contributed by atoms with van der Waals surface area (Å²) < 4.78 is 0. The minimum Gasteiger partial charge on any atom is -0.392 e. The highest BCUT2D eigenvalue weighted by Crippen LogP contribution is 2.37. The van der Waals surface area contributed by atoms with Gasteiger partial charge in [-0.1, -0.05) is 39.3 Å². The molecule has 0 aliphatic heterocycles. The van der Waals surface area contributed by atoms with Gasteiger partial charge in [-0.25, -0.2) is 0 Å². The van der Waals surface area contributed by atoms with Crippen molar-refractivity contribution >= 4 is 0 Å². The van der Waals surface area contributed by atoms with E-state index in [1.165, 1.54) is 5.57 Å². The van der Waals surface area contributed by atoms with Crippen LogP contribution in [0.3, 0.4) is 0 Å². The lowest BCUT2D eigenvalue weighted by Gasteiger charge is -2.38. The second kappa shape index (κ2) is 4.06. The lowest BCUT2D eigenvalue weighted by molar-refractivity contribution is -0.00690. The molecule has 0 bridgehead atoms. The Hall–Kier alpha value is -0.300. The Morgan fingerprint density at radius 1 is 1.43 bits per heavy atom. The molecule has 1 nitrogen and oxygen atoms in total. The van der Waals surface area contributed by atoms with Crippen molar-refractivity contribution in [1.29, 1.82) is 0 Å². The molecule has 0 aromatic rings. The van der Waals surface area contributed by atoms with Gasteiger partial charge in [-0.15, -0.1) is 0 Å². The van der Waals surface area contributed by atoms with Gasteiger partial charge in [0.05, 0.1) is 6.10 Å². The minimum atomic E-state index is -0.179. The molecule has 0 heterocycles. The summed E-state index contributed by atoms with van der Waals surface area (Å²) in [6, 6.07) is 0. The lowest BCUT2D eigenvalue weighted by Crippen LogP contribution is -2.37. The summed E-state index contributed by atoms with van der Waals surface area (Å²) >= 11 is 0. The van der Waals surface area contributed by atoms with E-state index in [2.05, 4.69) is 40.7 Å². The first-order valence-corrected chi connectivity index (χ1v) is 5.67. The van der Waals surface area contributed by atoms with E-state index in [4.69, 9.17) is 0 Å². The predicted molar refractivity (Wildman–Crippen MR) is 61.1 cm³/mol. The third-order valence-corrected chi connectivity index (χ3v) is 3.39. The third-order valence-electron chi connectivity index (χ3n) is 3.39. The number of aliphatic hydroxyl groups is 1. The van der Waals surface area contributed by atoms with E-state index in [1.54, 1.807) is 0 Å². The fraction of sp³-hybridized carbons (Fsp3) is 0.846. The maximum absolute atomic E-state index is 10.2. The Kier molecular flexibility index (Phi) is 3.41. The Bertz CT molecular complexity index is 222. The molecule has 0 aromatic heterocycles. The first-order chi connectivity index (χ1) is 6.32. The second-order valence-corrected chi connectivity index (χ2v) is 5.89. The molecule has 0 spiro atoms. The van der Waals surface area contributed by atoms with Crippen LogP contribution in [0.25, 0.3) is 0 Å². The quantitative estimate of drug-likeness (QED) is 0.637. The summed E-state index contributed by atoms with van der Waals surface area (Å²) in [5.41, 5.74) is 1.49. The SMILES string of the molecule is CC1=CC(C)C(C(O)C(C)(C)C)CC1. The summed E-state index contributed by atoms with van der Waals surface area (Å²) in [7, 11) is 0. The largest absolute Gasteiger partial charge is 0.392 e. The summed E-state index contributed by atoms with van der Waals surface area (Å²) in [6.07, 6.45) is 4.44. The number of allylic oxidation sites excluding steroid dienone is 2. The average molecular weight is 196 g/mol. The molecule has 14 heavy (non-hydrogen) atoms. The predicted octanol–water partition coefficient (Wildman–Crippen LogP) is 3.39. The van der Waals surface area contributed by atoms with Crippen LogP contribution >= 0.6 is 0 Å². The molecule has 3 atom stereocenters. The maximum Gasteiger partial charge on any atom is 0.0622 e. The molecule has 1 heteroatoms. The van der Waals surface area contributed by atoms with E-state index in [-0.39, 0.29) is 11.5 Å². The minimum absolute atomic E-state index is 0.0119. The molecule has 1 aliphatic carbocycles. The zero-order valence-corrected chi connectivity index (χ0v) is 10.2. The van der Waals surface area contributed by atoms with Gasteiger partial charge in [-0.2, -0.15) is 0 Å². The van der Waals surface area contributed by atoms with Gasteiger partial charge in [0, 0.05) is 0 Å². The molecular formula is C13H24O. The second-order valence-electron chi connectivity index (χ2n) is 5.89.